The van der Waals surface area contributed by atoms with Gasteiger partial charge in [0, 0.05) is 23.6 Å². The molecular formula is C15H16F3NO. The lowest BCUT2D eigenvalue weighted by Crippen LogP contribution is -2.29. The number of ketones is 1. The number of Topliss-reactive ketones (excluding diaryl/α,β-unsaturated/α-hetero) is 1. The number of fused-ring (bicyclic) bond motifs is 2. The Labute approximate surface area is 115 Å². The smallest absolute Gasteiger partial charge is 0.310 e. The van der Waals surface area contributed by atoms with Gasteiger partial charge in [-0.2, -0.15) is 13.2 Å². The van der Waals surface area contributed by atoms with Crippen LogP contribution in [0.3, 0.4) is 0 Å². The molecule has 20 heavy (non-hydrogen) atoms. The first-order chi connectivity index (χ1) is 9.36. The molecule has 1 N–H and O–H groups in total. The monoisotopic (exact) mass is 283 g/mol. The second kappa shape index (κ2) is 4.58. The minimum absolute atomic E-state index is 0.0177. The van der Waals surface area contributed by atoms with Crippen LogP contribution in [0.25, 0.3) is 0 Å². The van der Waals surface area contributed by atoms with E-state index in [1.165, 1.54) is 6.07 Å². The molecule has 3 rings (SSSR count). The highest BCUT2D eigenvalue weighted by Crippen LogP contribution is 2.36. The van der Waals surface area contributed by atoms with Crippen LogP contribution in [0.2, 0.25) is 0 Å². The Balaban J connectivity index is 1.85. The van der Waals surface area contributed by atoms with Crippen LogP contribution in [-0.2, 0) is 6.18 Å². The molecule has 5 heteroatoms. The molecule has 2 aliphatic heterocycles. The van der Waals surface area contributed by atoms with Gasteiger partial charge in [-0.15, -0.1) is 0 Å². The Morgan fingerprint density at radius 3 is 2.55 bits per heavy atom. The van der Waals surface area contributed by atoms with Crippen LogP contribution in [0, 0.1) is 12.8 Å². The van der Waals surface area contributed by atoms with E-state index in [4.69, 9.17) is 0 Å². The van der Waals surface area contributed by atoms with Crippen molar-refractivity contribution in [2.75, 3.05) is 0 Å². The van der Waals surface area contributed by atoms with Crippen LogP contribution in [0.4, 0.5) is 13.2 Å². The van der Waals surface area contributed by atoms with E-state index in [2.05, 4.69) is 5.32 Å². The highest BCUT2D eigenvalue weighted by Gasteiger charge is 2.43. The number of hydrogen-bond acceptors (Lipinski definition) is 2. The van der Waals surface area contributed by atoms with E-state index in [0.717, 1.165) is 31.4 Å². The standard InChI is InChI=1S/C15H16F3NO/c1-8-6-9(15(16,17)18)2-4-11(8)14(20)12-7-10-3-5-13(12)19-10/h2,4,6,10,12-13,19H,3,5,7H2,1H3. The third-order valence-corrected chi connectivity index (χ3v) is 4.46. The summed E-state index contributed by atoms with van der Waals surface area (Å²) in [5.74, 6) is -0.0971. The van der Waals surface area contributed by atoms with Gasteiger partial charge in [0.15, 0.2) is 5.78 Å². The second-order valence-corrected chi connectivity index (χ2v) is 5.78. The zero-order valence-electron chi connectivity index (χ0n) is 11.1. The number of rotatable bonds is 2. The molecule has 2 heterocycles. The predicted octanol–water partition coefficient (Wildman–Crippen LogP) is 3.34. The zero-order chi connectivity index (χ0) is 14.5. The van der Waals surface area contributed by atoms with Crippen molar-refractivity contribution in [3.05, 3.63) is 34.9 Å². The van der Waals surface area contributed by atoms with Gasteiger partial charge in [-0.1, -0.05) is 6.07 Å². The molecule has 0 aromatic heterocycles. The van der Waals surface area contributed by atoms with Crippen molar-refractivity contribution in [3.8, 4) is 0 Å². The molecule has 2 saturated heterocycles. The van der Waals surface area contributed by atoms with Crippen molar-refractivity contribution in [2.45, 2.75) is 44.4 Å². The summed E-state index contributed by atoms with van der Waals surface area (Å²) < 4.78 is 37.9. The van der Waals surface area contributed by atoms with Crippen molar-refractivity contribution in [1.29, 1.82) is 0 Å². The molecule has 3 atom stereocenters. The molecule has 2 fully saturated rings. The van der Waals surface area contributed by atoms with Crippen molar-refractivity contribution in [3.63, 3.8) is 0 Å². The number of halogens is 3. The Kier molecular flexibility index (Phi) is 3.12. The Morgan fingerprint density at radius 2 is 2.05 bits per heavy atom. The van der Waals surface area contributed by atoms with Crippen LogP contribution in [0.15, 0.2) is 18.2 Å². The van der Waals surface area contributed by atoms with Gasteiger partial charge in [-0.05, 0) is 43.9 Å². The summed E-state index contributed by atoms with van der Waals surface area (Å²) in [4.78, 5) is 12.5. The molecule has 0 spiro atoms. The normalized spacial score (nSPS) is 28.9. The van der Waals surface area contributed by atoms with E-state index >= 15 is 0 Å². The summed E-state index contributed by atoms with van der Waals surface area (Å²) in [6.45, 7) is 1.57. The van der Waals surface area contributed by atoms with E-state index < -0.39 is 11.7 Å². The SMILES string of the molecule is Cc1cc(C(F)(F)F)ccc1C(=O)C1CC2CCC1N2. The summed E-state index contributed by atoms with van der Waals surface area (Å²) in [6, 6.07) is 4.00. The average molecular weight is 283 g/mol. The van der Waals surface area contributed by atoms with Crippen molar-refractivity contribution in [1.82, 2.24) is 5.32 Å². The second-order valence-electron chi connectivity index (χ2n) is 5.78. The van der Waals surface area contributed by atoms with E-state index in [-0.39, 0.29) is 17.7 Å². The fraction of sp³-hybridized carbons (Fsp3) is 0.533. The summed E-state index contributed by atoms with van der Waals surface area (Å²) >= 11 is 0. The average Bonchev–Trinajstić information content (AvgIpc) is 2.99. The van der Waals surface area contributed by atoms with Crippen molar-refractivity contribution >= 4 is 5.78 Å². The molecule has 0 aliphatic carbocycles. The third-order valence-electron chi connectivity index (χ3n) is 4.46. The summed E-state index contributed by atoms with van der Waals surface area (Å²) in [5, 5.41) is 3.38. The number of alkyl halides is 3. The molecule has 2 bridgehead atoms. The van der Waals surface area contributed by atoms with Crippen LogP contribution >= 0.6 is 0 Å². The predicted molar refractivity (Wildman–Crippen MR) is 68.6 cm³/mol. The number of carbonyl (C=O) groups excluding carboxylic acids is 1. The van der Waals surface area contributed by atoms with Gasteiger partial charge in [-0.3, -0.25) is 4.79 Å². The van der Waals surface area contributed by atoms with E-state index in [1.54, 1.807) is 6.92 Å². The number of carbonyl (C=O) groups is 1. The summed E-state index contributed by atoms with van der Waals surface area (Å²) in [7, 11) is 0. The zero-order valence-corrected chi connectivity index (χ0v) is 11.1. The van der Waals surface area contributed by atoms with E-state index in [9.17, 15) is 18.0 Å². The first kappa shape index (κ1) is 13.6. The van der Waals surface area contributed by atoms with Gasteiger partial charge >= 0.3 is 6.18 Å². The number of nitrogens with one attached hydrogen (secondary N) is 1. The third kappa shape index (κ3) is 2.24. The minimum Gasteiger partial charge on any atom is -0.310 e. The van der Waals surface area contributed by atoms with Gasteiger partial charge in [-0.25, -0.2) is 0 Å². The maximum Gasteiger partial charge on any atom is 0.416 e. The quantitative estimate of drug-likeness (QED) is 0.843. The summed E-state index contributed by atoms with van der Waals surface area (Å²) in [5.41, 5.74) is 0.141. The maximum absolute atomic E-state index is 12.6. The lowest BCUT2D eigenvalue weighted by Gasteiger charge is -2.20. The molecule has 0 amide bonds. The minimum atomic E-state index is -4.36. The van der Waals surface area contributed by atoms with Gasteiger partial charge in [0.25, 0.3) is 0 Å². The molecule has 1 aromatic carbocycles. The molecule has 2 aliphatic rings. The van der Waals surface area contributed by atoms with Crippen molar-refractivity contribution in [2.24, 2.45) is 5.92 Å². The van der Waals surface area contributed by atoms with Crippen molar-refractivity contribution < 1.29 is 18.0 Å². The number of benzene rings is 1. The molecule has 3 unspecified atom stereocenters. The molecule has 0 radical (unpaired) electrons. The van der Waals surface area contributed by atoms with Gasteiger partial charge in [0.2, 0.25) is 0 Å². The summed E-state index contributed by atoms with van der Waals surface area (Å²) in [6.07, 6.45) is -1.47. The fourth-order valence-corrected chi connectivity index (χ4v) is 3.43. The van der Waals surface area contributed by atoms with Crippen LogP contribution in [0.5, 0.6) is 0 Å². The fourth-order valence-electron chi connectivity index (χ4n) is 3.43. The number of aryl methyl sites for hydroxylation is 1. The largest absolute Gasteiger partial charge is 0.416 e. The number of hydrogen-bond donors (Lipinski definition) is 1. The molecule has 0 saturated carbocycles. The molecule has 108 valence electrons. The van der Waals surface area contributed by atoms with E-state index in [0.29, 0.717) is 17.2 Å². The van der Waals surface area contributed by atoms with Crippen LogP contribution < -0.4 is 5.32 Å². The topological polar surface area (TPSA) is 29.1 Å². The van der Waals surface area contributed by atoms with Gasteiger partial charge in [0.1, 0.15) is 0 Å². The van der Waals surface area contributed by atoms with Gasteiger partial charge in [0.05, 0.1) is 5.56 Å². The lowest BCUT2D eigenvalue weighted by atomic mass is 9.82. The maximum atomic E-state index is 12.6. The van der Waals surface area contributed by atoms with E-state index in [1.807, 2.05) is 0 Å². The first-order valence-electron chi connectivity index (χ1n) is 6.84. The highest BCUT2D eigenvalue weighted by atomic mass is 19.4. The van der Waals surface area contributed by atoms with Crippen LogP contribution in [-0.4, -0.2) is 17.9 Å². The first-order valence-corrected chi connectivity index (χ1v) is 6.84. The molecule has 2 nitrogen and oxygen atoms in total. The lowest BCUT2D eigenvalue weighted by molar-refractivity contribution is -0.137. The molecular weight excluding hydrogens is 267 g/mol. The Hall–Kier alpha value is -1.36. The Bertz CT molecular complexity index is 553. The Morgan fingerprint density at radius 1 is 1.30 bits per heavy atom. The van der Waals surface area contributed by atoms with Gasteiger partial charge < -0.3 is 5.32 Å². The highest BCUT2D eigenvalue weighted by molar-refractivity contribution is 6.00. The molecule has 1 aromatic rings. The van der Waals surface area contributed by atoms with Crippen LogP contribution in [0.1, 0.15) is 40.7 Å².